The number of halogens is 4. The van der Waals surface area contributed by atoms with Crippen LogP contribution in [-0.4, -0.2) is 5.78 Å². The summed E-state index contributed by atoms with van der Waals surface area (Å²) in [6, 6.07) is 5.00. The topological polar surface area (TPSA) is 17.1 Å². The first-order valence-electron chi connectivity index (χ1n) is 5.78. The van der Waals surface area contributed by atoms with Gasteiger partial charge in [0.15, 0.2) is 23.2 Å². The minimum absolute atomic E-state index is 0.260. The van der Waals surface area contributed by atoms with Gasteiger partial charge in [-0.05, 0) is 49.2 Å². The molecule has 0 amide bonds. The van der Waals surface area contributed by atoms with E-state index in [0.717, 1.165) is 22.2 Å². The van der Waals surface area contributed by atoms with Crippen LogP contribution >= 0.6 is 15.9 Å². The summed E-state index contributed by atoms with van der Waals surface area (Å²) in [5.41, 5.74) is 1.20. The van der Waals surface area contributed by atoms with Crippen LogP contribution in [0.25, 0.3) is 0 Å². The Morgan fingerprint density at radius 1 is 0.950 bits per heavy atom. The maximum absolute atomic E-state index is 13.7. The second-order valence-corrected chi connectivity index (χ2v) is 5.32. The average Bonchev–Trinajstić information content (AvgIpc) is 2.40. The van der Waals surface area contributed by atoms with Gasteiger partial charge >= 0.3 is 0 Å². The molecule has 5 heteroatoms. The highest BCUT2D eigenvalue weighted by molar-refractivity contribution is 9.10. The minimum Gasteiger partial charge on any atom is -0.288 e. The van der Waals surface area contributed by atoms with E-state index < -0.39 is 28.8 Å². The van der Waals surface area contributed by atoms with Gasteiger partial charge in [-0.1, -0.05) is 15.9 Å². The molecule has 0 spiro atoms. The van der Waals surface area contributed by atoms with Crippen molar-refractivity contribution in [3.63, 3.8) is 0 Å². The van der Waals surface area contributed by atoms with E-state index in [2.05, 4.69) is 15.9 Å². The van der Waals surface area contributed by atoms with Crippen molar-refractivity contribution in [1.82, 2.24) is 0 Å². The van der Waals surface area contributed by atoms with E-state index in [-0.39, 0.29) is 5.56 Å². The summed E-state index contributed by atoms with van der Waals surface area (Å²) in [7, 11) is 0. The molecule has 0 radical (unpaired) electrons. The summed E-state index contributed by atoms with van der Waals surface area (Å²) in [5.74, 6) is -5.09. The Morgan fingerprint density at radius 2 is 1.60 bits per heavy atom. The molecule has 2 aromatic rings. The zero-order valence-corrected chi connectivity index (χ0v) is 12.3. The fourth-order valence-electron chi connectivity index (χ4n) is 1.87. The van der Waals surface area contributed by atoms with Crippen LogP contribution in [0.2, 0.25) is 0 Å². The van der Waals surface area contributed by atoms with Crippen LogP contribution in [0.1, 0.15) is 27.0 Å². The van der Waals surface area contributed by atoms with E-state index in [1.165, 1.54) is 0 Å². The van der Waals surface area contributed by atoms with Crippen molar-refractivity contribution >= 4 is 21.7 Å². The number of benzene rings is 2. The van der Waals surface area contributed by atoms with Gasteiger partial charge in [0.1, 0.15) is 0 Å². The van der Waals surface area contributed by atoms with Gasteiger partial charge in [0, 0.05) is 10.0 Å². The molecule has 0 heterocycles. The van der Waals surface area contributed by atoms with Crippen LogP contribution in [0.5, 0.6) is 0 Å². The van der Waals surface area contributed by atoms with Crippen LogP contribution in [0.3, 0.4) is 0 Å². The Hall–Kier alpha value is -1.62. The molecule has 0 atom stereocenters. The molecule has 0 unspecified atom stereocenters. The molecular weight excluding hydrogens is 333 g/mol. The lowest BCUT2D eigenvalue weighted by atomic mass is 9.97. The molecule has 0 aliphatic carbocycles. The molecule has 2 aromatic carbocycles. The lowest BCUT2D eigenvalue weighted by Gasteiger charge is -2.09. The van der Waals surface area contributed by atoms with Gasteiger partial charge in [-0.2, -0.15) is 0 Å². The van der Waals surface area contributed by atoms with Crippen LogP contribution in [0.15, 0.2) is 28.7 Å². The summed E-state index contributed by atoms with van der Waals surface area (Å²) in [4.78, 5) is 12.3. The van der Waals surface area contributed by atoms with Crippen molar-refractivity contribution in [1.29, 1.82) is 0 Å². The van der Waals surface area contributed by atoms with Gasteiger partial charge in [0.05, 0.1) is 5.56 Å². The molecule has 0 aliphatic heterocycles. The first-order valence-corrected chi connectivity index (χ1v) is 6.57. The third-order valence-electron chi connectivity index (χ3n) is 3.03. The molecule has 0 saturated heterocycles. The quantitative estimate of drug-likeness (QED) is 0.570. The Kier molecular flexibility index (Phi) is 3.99. The van der Waals surface area contributed by atoms with Crippen molar-refractivity contribution in [3.05, 3.63) is 68.4 Å². The predicted octanol–water partition coefficient (Wildman–Crippen LogP) is 4.71. The monoisotopic (exact) mass is 342 g/mol. The van der Waals surface area contributed by atoms with Gasteiger partial charge in [0.25, 0.3) is 0 Å². The van der Waals surface area contributed by atoms with Crippen LogP contribution in [-0.2, 0) is 0 Å². The second-order valence-electron chi connectivity index (χ2n) is 4.47. The summed E-state index contributed by atoms with van der Waals surface area (Å²) < 4.78 is 40.6. The molecule has 0 aliphatic rings. The first-order chi connectivity index (χ1) is 9.32. The third-order valence-corrected chi connectivity index (χ3v) is 3.88. The van der Waals surface area contributed by atoms with E-state index in [0.29, 0.717) is 5.56 Å². The summed E-state index contributed by atoms with van der Waals surface area (Å²) in [6.45, 7) is 3.47. The smallest absolute Gasteiger partial charge is 0.196 e. The van der Waals surface area contributed by atoms with E-state index in [4.69, 9.17) is 0 Å². The SMILES string of the molecule is Cc1cc(C(=O)c2ccc(F)c(F)c2F)c(C)cc1Br. The van der Waals surface area contributed by atoms with E-state index in [1.54, 1.807) is 26.0 Å². The van der Waals surface area contributed by atoms with Gasteiger partial charge in [-0.15, -0.1) is 0 Å². The van der Waals surface area contributed by atoms with Gasteiger partial charge in [-0.3, -0.25) is 4.79 Å². The van der Waals surface area contributed by atoms with Crippen LogP contribution in [0.4, 0.5) is 13.2 Å². The second kappa shape index (κ2) is 5.40. The van der Waals surface area contributed by atoms with Crippen molar-refractivity contribution in [2.75, 3.05) is 0 Å². The molecule has 0 aromatic heterocycles. The number of hydrogen-bond acceptors (Lipinski definition) is 1. The van der Waals surface area contributed by atoms with Gasteiger partial charge in [-0.25, -0.2) is 13.2 Å². The molecule has 2 rings (SSSR count). The van der Waals surface area contributed by atoms with Crippen molar-refractivity contribution in [2.45, 2.75) is 13.8 Å². The molecule has 104 valence electrons. The molecule has 0 fully saturated rings. The number of carbonyl (C=O) groups excluding carboxylic acids is 1. The molecule has 20 heavy (non-hydrogen) atoms. The number of carbonyl (C=O) groups is 1. The normalized spacial score (nSPS) is 10.7. The number of ketones is 1. The highest BCUT2D eigenvalue weighted by atomic mass is 79.9. The Morgan fingerprint density at radius 3 is 2.25 bits per heavy atom. The highest BCUT2D eigenvalue weighted by Gasteiger charge is 2.21. The standard InChI is InChI=1S/C15H10BrF3O/c1-7-6-11(16)8(2)5-10(7)15(20)9-3-4-12(17)14(19)13(9)18/h3-6H,1-2H3. The Bertz CT molecular complexity index is 707. The third kappa shape index (κ3) is 2.50. The van der Waals surface area contributed by atoms with Crippen LogP contribution in [0, 0.1) is 31.3 Å². The maximum Gasteiger partial charge on any atom is 0.196 e. The van der Waals surface area contributed by atoms with Crippen molar-refractivity contribution < 1.29 is 18.0 Å². The lowest BCUT2D eigenvalue weighted by molar-refractivity contribution is 0.103. The predicted molar refractivity (Wildman–Crippen MR) is 73.4 cm³/mol. The largest absolute Gasteiger partial charge is 0.288 e. The zero-order valence-electron chi connectivity index (χ0n) is 10.7. The van der Waals surface area contributed by atoms with Gasteiger partial charge in [0.2, 0.25) is 0 Å². The molecule has 0 saturated carbocycles. The summed E-state index contributed by atoms with van der Waals surface area (Å²) in [5, 5.41) is 0. The average molecular weight is 343 g/mol. The highest BCUT2D eigenvalue weighted by Crippen LogP contribution is 2.25. The molecular formula is C15H10BrF3O. The maximum atomic E-state index is 13.7. The van der Waals surface area contributed by atoms with E-state index in [9.17, 15) is 18.0 Å². The van der Waals surface area contributed by atoms with E-state index >= 15 is 0 Å². The minimum atomic E-state index is -1.64. The van der Waals surface area contributed by atoms with Crippen molar-refractivity contribution in [2.24, 2.45) is 0 Å². The number of aryl methyl sites for hydroxylation is 2. The summed E-state index contributed by atoms with van der Waals surface area (Å²) >= 11 is 3.33. The Labute approximate surface area is 122 Å². The Balaban J connectivity index is 2.58. The number of hydrogen-bond donors (Lipinski definition) is 0. The fourth-order valence-corrected chi connectivity index (χ4v) is 2.33. The number of rotatable bonds is 2. The van der Waals surface area contributed by atoms with Crippen LogP contribution < -0.4 is 0 Å². The fraction of sp³-hybridized carbons (Fsp3) is 0.133. The lowest BCUT2D eigenvalue weighted by Crippen LogP contribution is -2.09. The molecule has 0 N–H and O–H groups in total. The molecule has 1 nitrogen and oxygen atoms in total. The molecule has 0 bridgehead atoms. The summed E-state index contributed by atoms with van der Waals surface area (Å²) in [6.07, 6.45) is 0. The zero-order chi connectivity index (χ0) is 15.0. The van der Waals surface area contributed by atoms with Gasteiger partial charge < -0.3 is 0 Å². The first kappa shape index (κ1) is 14.8. The van der Waals surface area contributed by atoms with E-state index in [1.807, 2.05) is 0 Å². The van der Waals surface area contributed by atoms with Crippen molar-refractivity contribution in [3.8, 4) is 0 Å².